The van der Waals surface area contributed by atoms with Crippen LogP contribution in [0.3, 0.4) is 0 Å². The molecule has 4 aromatic rings. The maximum absolute atomic E-state index is 11.9. The molecular weight excluding hydrogens is 531 g/mol. The Bertz CT molecular complexity index is 1660. The predicted molar refractivity (Wildman–Crippen MR) is 136 cm³/mol. The molecule has 34 heavy (non-hydrogen) atoms. The summed E-state index contributed by atoms with van der Waals surface area (Å²) >= 11 is 0. The Morgan fingerprint density at radius 1 is 0.706 bits per heavy atom. The van der Waals surface area contributed by atoms with Crippen molar-refractivity contribution in [1.82, 2.24) is 19.9 Å². The summed E-state index contributed by atoms with van der Waals surface area (Å²) in [5.41, 5.74) is 8.42. The minimum absolute atomic E-state index is 0. The molecule has 0 spiro atoms. The van der Waals surface area contributed by atoms with Crippen molar-refractivity contribution in [2.24, 2.45) is 0 Å². The maximum atomic E-state index is 11.9. The first-order valence-corrected chi connectivity index (χ1v) is 10.5. The van der Waals surface area contributed by atoms with Gasteiger partial charge in [-0.25, -0.2) is 14.8 Å². The minimum atomic E-state index is -0.973. The van der Waals surface area contributed by atoms with Crippen molar-refractivity contribution in [3.8, 4) is 0 Å². The number of carbonyl (C=O) groups is 1. The van der Waals surface area contributed by atoms with E-state index in [2.05, 4.69) is 9.97 Å². The van der Waals surface area contributed by atoms with Crippen molar-refractivity contribution < 1.29 is 9.90 Å². The topological polar surface area (TPSA) is 94.7 Å². The standard InChI is InChI=1S/C27H18N4O2.Sn/c32-27(33)24-4-2-1-3-23(24)25-14-22-13-20-8-7-18(29-20)11-16-5-6-17(28-16)12-19-9-10-21(30-19)15-26(25)31-22;/h1-15,28-29H,(H,32,33);. The number of hydrogen-bond donors (Lipinski definition) is 3. The van der Waals surface area contributed by atoms with Crippen molar-refractivity contribution in [1.29, 1.82) is 0 Å². The molecule has 0 fully saturated rings. The minimum Gasteiger partial charge on any atom is -0.478 e. The molecule has 8 bridgehead atoms. The Morgan fingerprint density at radius 2 is 1.29 bits per heavy atom. The fourth-order valence-corrected chi connectivity index (χ4v) is 4.13. The number of aromatic nitrogens is 4. The summed E-state index contributed by atoms with van der Waals surface area (Å²) in [4.78, 5) is 28.1. The Balaban J connectivity index is 0.00000241. The van der Waals surface area contributed by atoms with E-state index in [1.54, 1.807) is 12.1 Å². The summed E-state index contributed by atoms with van der Waals surface area (Å²) in [5, 5.41) is 9.72. The van der Waals surface area contributed by atoms with Gasteiger partial charge >= 0.3 is 5.97 Å². The second-order valence-corrected chi connectivity index (χ2v) is 7.94. The van der Waals surface area contributed by atoms with Crippen LogP contribution in [0.1, 0.15) is 38.7 Å². The average molecular weight is 549 g/mol. The average Bonchev–Trinajstić information content (AvgIpc) is 3.59. The van der Waals surface area contributed by atoms with Gasteiger partial charge in [0, 0.05) is 51.5 Å². The molecule has 0 amide bonds. The number of benzene rings is 1. The smallest absolute Gasteiger partial charge is 0.336 e. The molecule has 5 heterocycles. The van der Waals surface area contributed by atoms with Gasteiger partial charge in [0.1, 0.15) is 0 Å². The van der Waals surface area contributed by atoms with Gasteiger partial charge < -0.3 is 15.1 Å². The summed E-state index contributed by atoms with van der Waals surface area (Å²) < 4.78 is 0. The Labute approximate surface area is 211 Å². The fraction of sp³-hybridized carbons (Fsp3) is 0. The van der Waals surface area contributed by atoms with Gasteiger partial charge in [-0.2, -0.15) is 0 Å². The molecule has 3 N–H and O–H groups in total. The van der Waals surface area contributed by atoms with E-state index >= 15 is 0 Å². The molecule has 7 heteroatoms. The molecule has 6 nitrogen and oxygen atoms in total. The van der Waals surface area contributed by atoms with Gasteiger partial charge in [-0.15, -0.1) is 0 Å². The summed E-state index contributed by atoms with van der Waals surface area (Å²) in [5.74, 6) is -0.973. The SMILES string of the molecule is O=C(O)c1ccccc1C1=Cc2cc3ccc(cc4ccc(cc5nc(cc1n2)C=C5)[nH]4)[nH]3.[Sn]. The fourth-order valence-electron chi connectivity index (χ4n) is 4.13. The molecule has 0 aliphatic carbocycles. The zero-order valence-electron chi connectivity index (χ0n) is 17.9. The zero-order chi connectivity index (χ0) is 22.4. The first-order chi connectivity index (χ1) is 16.1. The number of fused-ring (bicyclic) bond motifs is 8. The molecule has 2 aliphatic heterocycles. The van der Waals surface area contributed by atoms with Crippen LogP contribution in [-0.4, -0.2) is 54.9 Å². The van der Waals surface area contributed by atoms with E-state index < -0.39 is 5.97 Å². The molecule has 3 aromatic heterocycles. The number of rotatable bonds is 2. The molecule has 162 valence electrons. The number of nitrogens with zero attached hydrogens (tertiary/aromatic N) is 2. The molecule has 2 aliphatic rings. The van der Waals surface area contributed by atoms with E-state index in [0.717, 1.165) is 44.7 Å². The van der Waals surface area contributed by atoms with Crippen LogP contribution in [0.4, 0.5) is 0 Å². The van der Waals surface area contributed by atoms with E-state index in [0.29, 0.717) is 11.3 Å². The second kappa shape index (κ2) is 8.79. The van der Waals surface area contributed by atoms with Crippen molar-refractivity contribution in [2.75, 3.05) is 0 Å². The molecular formula is C27H18N4O2Sn. The molecule has 1 aromatic carbocycles. The third-order valence-corrected chi connectivity index (χ3v) is 5.61. The second-order valence-electron chi connectivity index (χ2n) is 7.94. The third-order valence-electron chi connectivity index (χ3n) is 5.61. The van der Waals surface area contributed by atoms with Gasteiger partial charge in [0.05, 0.1) is 28.3 Å². The Morgan fingerprint density at radius 3 is 1.97 bits per heavy atom. The van der Waals surface area contributed by atoms with Crippen LogP contribution in [0.5, 0.6) is 0 Å². The first kappa shape index (κ1) is 21.9. The molecule has 6 rings (SSSR count). The van der Waals surface area contributed by atoms with E-state index in [1.807, 2.05) is 78.9 Å². The van der Waals surface area contributed by atoms with Crippen LogP contribution in [0.25, 0.3) is 45.9 Å². The summed E-state index contributed by atoms with van der Waals surface area (Å²) in [6.07, 6.45) is 5.80. The first-order valence-electron chi connectivity index (χ1n) is 10.5. The number of hydrogen-bond acceptors (Lipinski definition) is 3. The third kappa shape index (κ3) is 4.20. The van der Waals surface area contributed by atoms with Gasteiger partial charge in [0.25, 0.3) is 0 Å². The van der Waals surface area contributed by atoms with E-state index in [1.165, 1.54) is 0 Å². The van der Waals surface area contributed by atoms with Gasteiger partial charge in [-0.3, -0.25) is 0 Å². The summed E-state index contributed by atoms with van der Waals surface area (Å²) in [6, 6.07) is 22.9. The number of aromatic carboxylic acids is 1. The van der Waals surface area contributed by atoms with Crippen molar-refractivity contribution in [3.05, 3.63) is 107 Å². The monoisotopic (exact) mass is 550 g/mol. The quantitative estimate of drug-likeness (QED) is 0.253. The zero-order valence-corrected chi connectivity index (χ0v) is 20.8. The van der Waals surface area contributed by atoms with Gasteiger partial charge in [0.15, 0.2) is 0 Å². The van der Waals surface area contributed by atoms with Crippen LogP contribution in [0.15, 0.2) is 72.8 Å². The molecule has 0 saturated carbocycles. The summed E-state index contributed by atoms with van der Waals surface area (Å²) in [7, 11) is 0. The van der Waals surface area contributed by atoms with E-state index in [9.17, 15) is 9.90 Å². The number of nitrogens with one attached hydrogen (secondary N) is 2. The molecule has 0 unspecified atom stereocenters. The number of carboxylic acids is 1. The van der Waals surface area contributed by atoms with E-state index in [4.69, 9.17) is 9.97 Å². The predicted octanol–water partition coefficient (Wildman–Crippen LogP) is 5.39. The van der Waals surface area contributed by atoms with Crippen LogP contribution in [0, 0.1) is 0 Å². The number of aromatic amines is 2. The van der Waals surface area contributed by atoms with Gasteiger partial charge in [-0.1, -0.05) is 18.2 Å². The van der Waals surface area contributed by atoms with Crippen LogP contribution in [0.2, 0.25) is 0 Å². The van der Waals surface area contributed by atoms with E-state index in [-0.39, 0.29) is 29.5 Å². The number of H-pyrrole nitrogens is 2. The van der Waals surface area contributed by atoms with Gasteiger partial charge in [0.2, 0.25) is 0 Å². The summed E-state index contributed by atoms with van der Waals surface area (Å²) in [6.45, 7) is 0. The van der Waals surface area contributed by atoms with Crippen LogP contribution in [-0.2, 0) is 0 Å². The van der Waals surface area contributed by atoms with Crippen LogP contribution >= 0.6 is 0 Å². The maximum Gasteiger partial charge on any atom is 0.336 e. The van der Waals surface area contributed by atoms with Crippen LogP contribution < -0.4 is 0 Å². The van der Waals surface area contributed by atoms with Crippen molar-refractivity contribution in [3.63, 3.8) is 0 Å². The Hall–Kier alpha value is -3.91. The molecule has 0 atom stereocenters. The van der Waals surface area contributed by atoms with Crippen molar-refractivity contribution >= 4 is 75.7 Å². The van der Waals surface area contributed by atoms with Gasteiger partial charge in [-0.05, 0) is 78.4 Å². The Kier molecular flexibility index (Phi) is 5.67. The normalized spacial score (nSPS) is 12.2. The molecule has 4 radical (unpaired) electrons. The molecule has 0 saturated heterocycles. The number of carboxylic acid groups (broad SMARTS) is 1. The van der Waals surface area contributed by atoms with Crippen molar-refractivity contribution in [2.45, 2.75) is 0 Å². The largest absolute Gasteiger partial charge is 0.478 e.